The van der Waals surface area contributed by atoms with Crippen LogP contribution in [0.15, 0.2) is 59.6 Å². The van der Waals surface area contributed by atoms with E-state index in [2.05, 4.69) is 16.0 Å². The summed E-state index contributed by atoms with van der Waals surface area (Å²) in [6, 6.07) is 13.0. The summed E-state index contributed by atoms with van der Waals surface area (Å²) in [6.45, 7) is 9.13. The minimum Gasteiger partial charge on any atom is -0.443 e. The first-order valence-electron chi connectivity index (χ1n) is 16.2. The molecule has 0 aromatic heterocycles. The lowest BCUT2D eigenvalue weighted by atomic mass is 10.0. The Morgan fingerprint density at radius 2 is 1.87 bits per heavy atom. The number of nitrogens with zero attached hydrogens (tertiary/aromatic N) is 1. The molecule has 3 aliphatic heterocycles. The molecule has 2 amide bonds. The molecule has 5 unspecified atom stereocenters. The highest BCUT2D eigenvalue weighted by atomic mass is 32.2. The average Bonchev–Trinajstić information content (AvgIpc) is 3.72. The molecular formula is C34H46N4O8S. The zero-order chi connectivity index (χ0) is 33.7. The van der Waals surface area contributed by atoms with Crippen LogP contribution in [0.2, 0.25) is 0 Å². The van der Waals surface area contributed by atoms with E-state index in [4.69, 9.17) is 14.2 Å². The third kappa shape index (κ3) is 8.52. The topological polar surface area (TPSA) is 156 Å². The molecule has 0 bridgehead atoms. The molecule has 2 aromatic carbocycles. The maximum absolute atomic E-state index is 14.2. The first-order valence-corrected chi connectivity index (χ1v) is 17.7. The van der Waals surface area contributed by atoms with Gasteiger partial charge in [0.05, 0.1) is 41.7 Å². The Balaban J connectivity index is 1.36. The molecule has 2 fully saturated rings. The summed E-state index contributed by atoms with van der Waals surface area (Å²) >= 11 is 0. The Kier molecular flexibility index (Phi) is 11.2. The van der Waals surface area contributed by atoms with Gasteiger partial charge in [-0.15, -0.1) is 0 Å². The molecule has 5 atom stereocenters. The summed E-state index contributed by atoms with van der Waals surface area (Å²) in [5.74, 6) is -0.0856. The Hall–Kier alpha value is -3.49. The van der Waals surface area contributed by atoms with Crippen LogP contribution in [0.4, 0.5) is 10.5 Å². The molecule has 3 aliphatic rings. The molecule has 2 aromatic rings. The Bertz CT molecular complexity index is 1550. The van der Waals surface area contributed by atoms with Gasteiger partial charge in [0.15, 0.2) is 6.29 Å². The second-order valence-electron chi connectivity index (χ2n) is 13.2. The third-order valence-electron chi connectivity index (χ3n) is 8.45. The van der Waals surface area contributed by atoms with E-state index in [-0.39, 0.29) is 55.0 Å². The third-order valence-corrected chi connectivity index (χ3v) is 10.3. The van der Waals surface area contributed by atoms with E-state index in [0.29, 0.717) is 35.9 Å². The molecule has 47 heavy (non-hydrogen) atoms. The van der Waals surface area contributed by atoms with Crippen molar-refractivity contribution in [1.29, 1.82) is 0 Å². The van der Waals surface area contributed by atoms with E-state index in [1.165, 1.54) is 16.4 Å². The lowest BCUT2D eigenvalue weighted by Crippen LogP contribution is -2.51. The minimum atomic E-state index is -4.14. The fourth-order valence-corrected chi connectivity index (χ4v) is 7.70. The van der Waals surface area contributed by atoms with E-state index in [1.807, 2.05) is 58.0 Å². The van der Waals surface area contributed by atoms with Gasteiger partial charge in [0.2, 0.25) is 10.0 Å². The van der Waals surface area contributed by atoms with Gasteiger partial charge >= 0.3 is 6.09 Å². The number of hydrogen-bond acceptors (Lipinski definition) is 9. The summed E-state index contributed by atoms with van der Waals surface area (Å²) in [7, 11) is -4.14. The van der Waals surface area contributed by atoms with E-state index in [0.717, 1.165) is 12.0 Å². The number of aliphatic hydroxyl groups excluding tert-OH is 1. The number of aliphatic hydroxyl groups is 1. The van der Waals surface area contributed by atoms with Crippen molar-refractivity contribution in [2.24, 2.45) is 17.8 Å². The summed E-state index contributed by atoms with van der Waals surface area (Å²) in [6.07, 6.45) is -0.284. The number of amides is 2. The molecule has 0 radical (unpaired) electrons. The number of alkyl carbamates (subject to hydrolysis) is 1. The van der Waals surface area contributed by atoms with Crippen molar-refractivity contribution in [1.82, 2.24) is 14.9 Å². The normalized spacial score (nSPS) is 22.8. The molecule has 256 valence electrons. The highest BCUT2D eigenvalue weighted by Crippen LogP contribution is 2.35. The van der Waals surface area contributed by atoms with Crippen LogP contribution < -0.4 is 16.0 Å². The number of hydrogen-bond donors (Lipinski definition) is 4. The number of sulfonamides is 1. The predicted octanol–water partition coefficient (Wildman–Crippen LogP) is 3.33. The smallest absolute Gasteiger partial charge is 0.407 e. The number of rotatable bonds is 14. The number of ether oxygens (including phenoxy) is 3. The highest BCUT2D eigenvalue weighted by Gasteiger charge is 2.44. The molecule has 0 spiro atoms. The van der Waals surface area contributed by atoms with Gasteiger partial charge in [-0.25, -0.2) is 13.2 Å². The Morgan fingerprint density at radius 1 is 1.11 bits per heavy atom. The van der Waals surface area contributed by atoms with Crippen LogP contribution in [0.5, 0.6) is 0 Å². The summed E-state index contributed by atoms with van der Waals surface area (Å²) < 4.78 is 46.4. The van der Waals surface area contributed by atoms with Crippen molar-refractivity contribution in [3.05, 3.63) is 65.9 Å². The van der Waals surface area contributed by atoms with Crippen molar-refractivity contribution in [2.75, 3.05) is 38.2 Å². The number of nitrogens with one attached hydrogen (secondary N) is 3. The van der Waals surface area contributed by atoms with Crippen molar-refractivity contribution in [3.8, 4) is 0 Å². The van der Waals surface area contributed by atoms with Crippen LogP contribution in [0, 0.1) is 17.8 Å². The van der Waals surface area contributed by atoms with E-state index < -0.39 is 34.4 Å². The van der Waals surface area contributed by atoms with Gasteiger partial charge < -0.3 is 35.3 Å². The van der Waals surface area contributed by atoms with Gasteiger partial charge in [-0.3, -0.25) is 4.79 Å². The molecular weight excluding hydrogens is 624 g/mol. The second kappa shape index (κ2) is 15.2. The maximum atomic E-state index is 14.2. The zero-order valence-electron chi connectivity index (χ0n) is 27.3. The molecule has 13 heteroatoms. The fourth-order valence-electron chi connectivity index (χ4n) is 6.05. The molecule has 12 nitrogen and oxygen atoms in total. The summed E-state index contributed by atoms with van der Waals surface area (Å²) in [5.41, 5.74) is 2.21. The van der Waals surface area contributed by atoms with Gasteiger partial charge in [-0.05, 0) is 48.4 Å². The van der Waals surface area contributed by atoms with Gasteiger partial charge in [0.25, 0.3) is 5.91 Å². The van der Waals surface area contributed by atoms with Crippen LogP contribution >= 0.6 is 0 Å². The lowest BCUT2D eigenvalue weighted by Gasteiger charge is -2.31. The monoisotopic (exact) mass is 670 g/mol. The minimum absolute atomic E-state index is 0.00286. The lowest BCUT2D eigenvalue weighted by molar-refractivity contribution is -0.110. The quantitative estimate of drug-likeness (QED) is 0.222. The first kappa shape index (κ1) is 34.8. The SMILES string of the molecule is CC(C)CNC=C1C(=O)Nc2ccc(S(=O)(=O)N(CC(C)C)CC(O)C(Cc3ccccc3)NC(=O)OC3COC4OCCC34)cc21. The van der Waals surface area contributed by atoms with E-state index in [1.54, 1.807) is 12.3 Å². The van der Waals surface area contributed by atoms with Gasteiger partial charge in [0, 0.05) is 37.1 Å². The molecule has 5 rings (SSSR count). The maximum Gasteiger partial charge on any atom is 0.407 e. The van der Waals surface area contributed by atoms with Crippen molar-refractivity contribution in [3.63, 3.8) is 0 Å². The number of fused-ring (bicyclic) bond motifs is 2. The van der Waals surface area contributed by atoms with E-state index >= 15 is 0 Å². The van der Waals surface area contributed by atoms with Gasteiger partial charge in [0.1, 0.15) is 6.10 Å². The number of anilines is 1. The van der Waals surface area contributed by atoms with Crippen LogP contribution in [0.25, 0.3) is 5.57 Å². The summed E-state index contributed by atoms with van der Waals surface area (Å²) in [5, 5.41) is 20.3. The Labute approximate surface area is 276 Å². The number of benzene rings is 2. The molecule has 4 N–H and O–H groups in total. The Morgan fingerprint density at radius 3 is 2.60 bits per heavy atom. The number of carbonyl (C=O) groups is 2. The zero-order valence-corrected chi connectivity index (χ0v) is 28.2. The van der Waals surface area contributed by atoms with Crippen LogP contribution in [0.3, 0.4) is 0 Å². The predicted molar refractivity (Wildman–Crippen MR) is 177 cm³/mol. The molecule has 3 heterocycles. The van der Waals surface area contributed by atoms with Gasteiger partial charge in [-0.1, -0.05) is 58.0 Å². The fraction of sp³-hybridized carbons (Fsp3) is 0.529. The van der Waals surface area contributed by atoms with Crippen LogP contribution in [0.1, 0.15) is 45.2 Å². The second-order valence-corrected chi connectivity index (χ2v) is 15.2. The number of carbonyl (C=O) groups excluding carboxylic acids is 2. The van der Waals surface area contributed by atoms with E-state index in [9.17, 15) is 23.1 Å². The van der Waals surface area contributed by atoms with Crippen LogP contribution in [-0.4, -0.2) is 87.2 Å². The summed E-state index contributed by atoms with van der Waals surface area (Å²) in [4.78, 5) is 25.8. The molecule has 0 saturated carbocycles. The van der Waals surface area contributed by atoms with Crippen LogP contribution in [-0.2, 0) is 35.4 Å². The standard InChI is InChI=1S/C34H46N4O8S/c1-21(2)16-35-17-27-26-15-24(10-11-28(26)36-32(27)40)47(42,43)38(18-22(3)4)19-30(39)29(14-23-8-6-5-7-9-23)37-34(41)46-31-20-45-33-25(31)12-13-44-33/h5-11,15,17,21-22,25,29-31,33,35,39H,12-14,16,18-20H2,1-4H3,(H,36,40)(H,37,41). The molecule has 2 saturated heterocycles. The van der Waals surface area contributed by atoms with Gasteiger partial charge in [-0.2, -0.15) is 4.31 Å². The molecule has 0 aliphatic carbocycles. The van der Waals surface area contributed by atoms with Crippen molar-refractivity contribution >= 4 is 33.3 Å². The highest BCUT2D eigenvalue weighted by molar-refractivity contribution is 7.89. The van der Waals surface area contributed by atoms with Crippen molar-refractivity contribution in [2.45, 2.75) is 70.0 Å². The first-order chi connectivity index (χ1) is 22.4. The van der Waals surface area contributed by atoms with Crippen molar-refractivity contribution < 1.29 is 37.3 Å². The largest absolute Gasteiger partial charge is 0.443 e. The average molecular weight is 671 g/mol.